The summed E-state index contributed by atoms with van der Waals surface area (Å²) in [6, 6.07) is 1.97. The van der Waals surface area contributed by atoms with Crippen molar-refractivity contribution in [3.8, 4) is 0 Å². The summed E-state index contributed by atoms with van der Waals surface area (Å²) in [5, 5.41) is 11.5. The average molecular weight is 316 g/mol. The zero-order valence-electron chi connectivity index (χ0n) is 9.30. The first-order valence-corrected chi connectivity index (χ1v) is 7.21. The summed E-state index contributed by atoms with van der Waals surface area (Å²) in [5.41, 5.74) is 1.02. The van der Waals surface area contributed by atoms with Gasteiger partial charge in [0.05, 0.1) is 9.89 Å². The molecule has 1 amide bonds. The normalized spacial score (nSPS) is 21.1. The van der Waals surface area contributed by atoms with Gasteiger partial charge >= 0.3 is 0 Å². The van der Waals surface area contributed by atoms with E-state index in [-0.39, 0.29) is 12.0 Å². The molecule has 0 bridgehead atoms. The monoisotopic (exact) mass is 315 g/mol. The minimum atomic E-state index is -0.364. The molecule has 0 radical (unpaired) electrons. The average Bonchev–Trinajstić information content (AvgIpc) is 2.72. The summed E-state index contributed by atoms with van der Waals surface area (Å²) in [6.45, 7) is 1.20. The lowest BCUT2D eigenvalue weighted by atomic mass is 10.1. The molecular formula is C12H14BrNO2S. The van der Waals surface area contributed by atoms with Gasteiger partial charge in [0.15, 0.2) is 0 Å². The van der Waals surface area contributed by atoms with Gasteiger partial charge in [-0.25, -0.2) is 0 Å². The molecule has 1 aliphatic rings. The lowest BCUT2D eigenvalue weighted by Gasteiger charge is -2.29. The number of likely N-dealkylation sites (tertiary alicyclic amines) is 1. The van der Waals surface area contributed by atoms with E-state index in [1.54, 1.807) is 22.3 Å². The van der Waals surface area contributed by atoms with Crippen LogP contribution in [0.15, 0.2) is 21.3 Å². The van der Waals surface area contributed by atoms with Gasteiger partial charge in [0.25, 0.3) is 0 Å². The quantitative estimate of drug-likeness (QED) is 0.852. The number of hydrogen-bond acceptors (Lipinski definition) is 3. The van der Waals surface area contributed by atoms with E-state index in [2.05, 4.69) is 15.9 Å². The Morgan fingerprint density at radius 3 is 3.12 bits per heavy atom. The number of carbonyl (C=O) groups is 1. The molecule has 1 fully saturated rings. The van der Waals surface area contributed by atoms with Crippen LogP contribution in [0.2, 0.25) is 0 Å². The Kier molecular flexibility index (Phi) is 4.36. The summed E-state index contributed by atoms with van der Waals surface area (Å²) in [7, 11) is 0. The fourth-order valence-electron chi connectivity index (χ4n) is 1.84. The van der Waals surface area contributed by atoms with Gasteiger partial charge in [-0.05, 0) is 51.9 Å². The van der Waals surface area contributed by atoms with Crippen LogP contribution >= 0.6 is 27.3 Å². The van der Waals surface area contributed by atoms with Crippen molar-refractivity contribution in [1.82, 2.24) is 4.90 Å². The number of aliphatic hydroxyl groups excluding tert-OH is 1. The molecule has 0 saturated carbocycles. The van der Waals surface area contributed by atoms with Crippen molar-refractivity contribution in [2.24, 2.45) is 0 Å². The Morgan fingerprint density at radius 2 is 2.47 bits per heavy atom. The Bertz CT molecular complexity index is 430. The third-order valence-corrected chi connectivity index (χ3v) is 4.24. The number of aliphatic hydroxyl groups is 1. The third-order valence-electron chi connectivity index (χ3n) is 2.71. The Hall–Kier alpha value is -0.650. The number of piperidine rings is 1. The second kappa shape index (κ2) is 5.80. The maximum Gasteiger partial charge on any atom is 0.246 e. The van der Waals surface area contributed by atoms with Gasteiger partial charge in [-0.1, -0.05) is 0 Å². The van der Waals surface area contributed by atoms with Crippen molar-refractivity contribution in [2.45, 2.75) is 18.9 Å². The number of hydrogen-bond donors (Lipinski definition) is 1. The number of halogens is 1. The van der Waals surface area contributed by atoms with Crippen LogP contribution in [0.3, 0.4) is 0 Å². The van der Waals surface area contributed by atoms with Gasteiger partial charge in [-0.2, -0.15) is 0 Å². The Labute approximate surface area is 113 Å². The van der Waals surface area contributed by atoms with Gasteiger partial charge in [0.2, 0.25) is 5.91 Å². The van der Waals surface area contributed by atoms with Crippen molar-refractivity contribution in [3.63, 3.8) is 0 Å². The van der Waals surface area contributed by atoms with E-state index in [1.807, 2.05) is 17.5 Å². The van der Waals surface area contributed by atoms with E-state index >= 15 is 0 Å². The maximum absolute atomic E-state index is 11.8. The maximum atomic E-state index is 11.8. The Morgan fingerprint density at radius 1 is 1.65 bits per heavy atom. The van der Waals surface area contributed by atoms with E-state index in [1.165, 1.54) is 0 Å². The zero-order chi connectivity index (χ0) is 12.3. The smallest absolute Gasteiger partial charge is 0.246 e. The molecule has 3 nitrogen and oxygen atoms in total. The van der Waals surface area contributed by atoms with Gasteiger partial charge in [0.1, 0.15) is 0 Å². The first-order chi connectivity index (χ1) is 8.15. The first-order valence-electron chi connectivity index (χ1n) is 5.54. The molecule has 1 aromatic heterocycles. The number of carbonyl (C=O) groups excluding carboxylic acids is 1. The van der Waals surface area contributed by atoms with E-state index in [9.17, 15) is 9.90 Å². The fourth-order valence-corrected chi connectivity index (χ4v) is 2.98. The van der Waals surface area contributed by atoms with Crippen LogP contribution in [-0.2, 0) is 4.79 Å². The van der Waals surface area contributed by atoms with E-state index < -0.39 is 0 Å². The molecule has 1 unspecified atom stereocenters. The Balaban J connectivity index is 1.94. The number of β-amino-alcohol motifs (C(OH)–C–C–N with tert-alkyl or cyclic N) is 1. The second-order valence-electron chi connectivity index (χ2n) is 4.10. The number of thiophene rings is 1. The van der Waals surface area contributed by atoms with Gasteiger partial charge in [-0.15, -0.1) is 11.3 Å². The van der Waals surface area contributed by atoms with Crippen molar-refractivity contribution in [3.05, 3.63) is 26.9 Å². The third kappa shape index (κ3) is 3.66. The van der Waals surface area contributed by atoms with Crippen molar-refractivity contribution >= 4 is 39.2 Å². The largest absolute Gasteiger partial charge is 0.391 e. The highest BCUT2D eigenvalue weighted by Crippen LogP contribution is 2.21. The molecule has 1 N–H and O–H groups in total. The van der Waals surface area contributed by atoms with E-state index in [0.717, 1.165) is 28.7 Å². The molecule has 0 aliphatic carbocycles. The molecule has 2 rings (SSSR count). The van der Waals surface area contributed by atoms with Crippen LogP contribution in [0.4, 0.5) is 0 Å². The number of amides is 1. The highest BCUT2D eigenvalue weighted by Gasteiger charge is 2.20. The van der Waals surface area contributed by atoms with Gasteiger partial charge in [0, 0.05) is 19.2 Å². The molecule has 1 aromatic rings. The van der Waals surface area contributed by atoms with Crippen LogP contribution in [0, 0.1) is 0 Å². The van der Waals surface area contributed by atoms with Crippen LogP contribution in [0.5, 0.6) is 0 Å². The lowest BCUT2D eigenvalue weighted by molar-refractivity contribution is -0.128. The zero-order valence-corrected chi connectivity index (χ0v) is 11.7. The molecule has 5 heteroatoms. The number of nitrogens with zero attached hydrogens (tertiary/aromatic N) is 1. The van der Waals surface area contributed by atoms with Crippen molar-refractivity contribution < 1.29 is 9.90 Å². The standard InChI is InChI=1S/C12H14BrNO2S/c13-11-6-9(8-17-11)3-4-12(16)14-5-1-2-10(15)7-14/h3-4,6,8,10,15H,1-2,5,7H2. The highest BCUT2D eigenvalue weighted by molar-refractivity contribution is 9.11. The summed E-state index contributed by atoms with van der Waals surface area (Å²) in [4.78, 5) is 13.5. The minimum Gasteiger partial charge on any atom is -0.391 e. The molecule has 17 heavy (non-hydrogen) atoms. The topological polar surface area (TPSA) is 40.5 Å². The van der Waals surface area contributed by atoms with Crippen LogP contribution < -0.4 is 0 Å². The molecule has 1 saturated heterocycles. The second-order valence-corrected chi connectivity index (χ2v) is 6.39. The summed E-state index contributed by atoms with van der Waals surface area (Å²) < 4.78 is 1.05. The lowest BCUT2D eigenvalue weighted by Crippen LogP contribution is -2.41. The van der Waals surface area contributed by atoms with Crippen molar-refractivity contribution in [2.75, 3.05) is 13.1 Å². The van der Waals surface area contributed by atoms with Gasteiger partial charge in [-0.3, -0.25) is 4.79 Å². The van der Waals surface area contributed by atoms with Crippen molar-refractivity contribution in [1.29, 1.82) is 0 Å². The van der Waals surface area contributed by atoms with Crippen LogP contribution in [-0.4, -0.2) is 35.1 Å². The summed E-state index contributed by atoms with van der Waals surface area (Å²) in [5.74, 6) is -0.0222. The van der Waals surface area contributed by atoms with E-state index in [0.29, 0.717) is 6.54 Å². The number of rotatable bonds is 2. The molecule has 1 atom stereocenters. The SMILES string of the molecule is O=C(C=Cc1csc(Br)c1)N1CCCC(O)C1. The van der Waals surface area contributed by atoms with Crippen LogP contribution in [0.25, 0.3) is 6.08 Å². The predicted octanol–water partition coefficient (Wildman–Crippen LogP) is 2.51. The molecule has 1 aliphatic heterocycles. The molecular weight excluding hydrogens is 302 g/mol. The summed E-state index contributed by atoms with van der Waals surface area (Å²) in [6.07, 6.45) is 4.70. The molecule has 92 valence electrons. The molecule has 2 heterocycles. The fraction of sp³-hybridized carbons (Fsp3) is 0.417. The highest BCUT2D eigenvalue weighted by atomic mass is 79.9. The molecule has 0 aromatic carbocycles. The summed E-state index contributed by atoms with van der Waals surface area (Å²) >= 11 is 4.97. The minimum absolute atomic E-state index is 0.0222. The first kappa shape index (κ1) is 12.8. The van der Waals surface area contributed by atoms with Gasteiger partial charge < -0.3 is 10.0 Å². The van der Waals surface area contributed by atoms with E-state index in [4.69, 9.17) is 0 Å². The van der Waals surface area contributed by atoms with Crippen LogP contribution in [0.1, 0.15) is 18.4 Å². The molecule has 0 spiro atoms. The predicted molar refractivity (Wildman–Crippen MR) is 72.9 cm³/mol.